The van der Waals surface area contributed by atoms with Crippen LogP contribution in [-0.2, 0) is 0 Å². The van der Waals surface area contributed by atoms with E-state index in [0.717, 1.165) is 48.5 Å². The third kappa shape index (κ3) is 4.25. The van der Waals surface area contributed by atoms with Crippen molar-refractivity contribution in [2.24, 2.45) is 5.92 Å². The van der Waals surface area contributed by atoms with Crippen molar-refractivity contribution < 1.29 is 13.6 Å². The Balaban J connectivity index is 1.12. The van der Waals surface area contributed by atoms with E-state index in [4.69, 9.17) is 13.6 Å². The van der Waals surface area contributed by atoms with Crippen LogP contribution >= 0.6 is 0 Å². The monoisotopic (exact) mass is 410 g/mol. The molecule has 3 heterocycles. The van der Waals surface area contributed by atoms with Gasteiger partial charge in [0.2, 0.25) is 0 Å². The van der Waals surface area contributed by atoms with Crippen LogP contribution in [0.2, 0.25) is 0 Å². The fraction of sp³-hybridized carbons (Fsp3) is 0.542. The van der Waals surface area contributed by atoms with Gasteiger partial charge >= 0.3 is 5.63 Å². The van der Waals surface area contributed by atoms with E-state index in [2.05, 4.69) is 10.2 Å². The average Bonchev–Trinajstić information content (AvgIpc) is 3.18. The molecule has 30 heavy (non-hydrogen) atoms. The number of piperidine rings is 1. The van der Waals surface area contributed by atoms with Crippen LogP contribution in [0.25, 0.3) is 21.9 Å². The number of benzene rings is 1. The van der Waals surface area contributed by atoms with Crippen molar-refractivity contribution in [3.8, 4) is 5.75 Å². The number of rotatable bonds is 8. The number of likely N-dealkylation sites (tertiary alicyclic amines) is 1. The van der Waals surface area contributed by atoms with Crippen LogP contribution in [0.4, 0.5) is 0 Å². The summed E-state index contributed by atoms with van der Waals surface area (Å²) in [5, 5.41) is 5.50. The molecule has 1 saturated carbocycles. The first-order valence-corrected chi connectivity index (χ1v) is 11.3. The van der Waals surface area contributed by atoms with Gasteiger partial charge in [-0.15, -0.1) is 0 Å². The predicted molar refractivity (Wildman–Crippen MR) is 117 cm³/mol. The Morgan fingerprint density at radius 3 is 2.70 bits per heavy atom. The first-order chi connectivity index (χ1) is 14.8. The molecular weight excluding hydrogens is 380 g/mol. The molecule has 2 fully saturated rings. The van der Waals surface area contributed by atoms with Gasteiger partial charge in [0, 0.05) is 24.7 Å². The number of furan rings is 1. The second-order valence-corrected chi connectivity index (χ2v) is 8.73. The van der Waals surface area contributed by atoms with Crippen LogP contribution in [0.1, 0.15) is 38.5 Å². The fourth-order valence-electron chi connectivity index (χ4n) is 4.62. The summed E-state index contributed by atoms with van der Waals surface area (Å²) in [6.45, 7) is 5.20. The Labute approximate surface area is 176 Å². The number of hydrogen-bond acceptors (Lipinski definition) is 6. The summed E-state index contributed by atoms with van der Waals surface area (Å²) in [7, 11) is 0. The highest BCUT2D eigenvalue weighted by atomic mass is 16.5. The van der Waals surface area contributed by atoms with E-state index < -0.39 is 0 Å². The van der Waals surface area contributed by atoms with E-state index in [9.17, 15) is 4.79 Å². The van der Waals surface area contributed by atoms with Crippen LogP contribution in [0.5, 0.6) is 5.75 Å². The third-order valence-electron chi connectivity index (χ3n) is 6.68. The lowest BCUT2D eigenvalue weighted by Crippen LogP contribution is -2.44. The molecule has 5 rings (SSSR count). The molecular formula is C24H30N2O4. The zero-order chi connectivity index (χ0) is 20.3. The summed E-state index contributed by atoms with van der Waals surface area (Å²) in [5.41, 5.74) is 0.796. The third-order valence-corrected chi connectivity index (χ3v) is 6.68. The molecule has 2 aliphatic rings. The maximum atomic E-state index is 11.6. The minimum atomic E-state index is -0.370. The summed E-state index contributed by atoms with van der Waals surface area (Å²) >= 11 is 0. The molecule has 0 amide bonds. The average molecular weight is 411 g/mol. The first-order valence-electron chi connectivity index (χ1n) is 11.3. The topological polar surface area (TPSA) is 67.8 Å². The second-order valence-electron chi connectivity index (χ2n) is 8.73. The summed E-state index contributed by atoms with van der Waals surface area (Å²) in [4.78, 5) is 14.1. The molecule has 160 valence electrons. The minimum absolute atomic E-state index is 0.370. The fourth-order valence-corrected chi connectivity index (χ4v) is 4.62. The Hall–Kier alpha value is -2.31. The summed E-state index contributed by atoms with van der Waals surface area (Å²) in [6, 6.07) is 7.55. The largest absolute Gasteiger partial charge is 0.492 e. The van der Waals surface area contributed by atoms with E-state index in [1.807, 2.05) is 6.07 Å². The van der Waals surface area contributed by atoms with Crippen LogP contribution in [0.15, 0.2) is 44.2 Å². The Morgan fingerprint density at radius 2 is 1.90 bits per heavy atom. The molecule has 1 saturated heterocycles. The van der Waals surface area contributed by atoms with Crippen molar-refractivity contribution in [1.29, 1.82) is 0 Å². The van der Waals surface area contributed by atoms with E-state index in [1.165, 1.54) is 44.7 Å². The van der Waals surface area contributed by atoms with E-state index in [-0.39, 0.29) is 5.63 Å². The number of nitrogens with zero attached hydrogens (tertiary/aromatic N) is 1. The molecule has 0 spiro atoms. The second kappa shape index (κ2) is 8.82. The Morgan fingerprint density at radius 1 is 1.07 bits per heavy atom. The van der Waals surface area contributed by atoms with Crippen LogP contribution in [0.3, 0.4) is 0 Å². The molecule has 2 aromatic heterocycles. The maximum absolute atomic E-state index is 11.6. The number of fused-ring (bicyclic) bond motifs is 2. The summed E-state index contributed by atoms with van der Waals surface area (Å²) in [6.07, 6.45) is 9.34. The van der Waals surface area contributed by atoms with Gasteiger partial charge in [0.25, 0.3) is 0 Å². The normalized spacial score (nSPS) is 18.8. The summed E-state index contributed by atoms with van der Waals surface area (Å²) < 4.78 is 17.0. The molecule has 1 aliphatic carbocycles. The Bertz CT molecular complexity index is 1040. The minimum Gasteiger partial charge on any atom is -0.492 e. The molecule has 6 heteroatoms. The molecule has 3 aromatic rings. The molecule has 0 atom stereocenters. The predicted octanol–water partition coefficient (Wildman–Crippen LogP) is 4.16. The molecule has 0 unspecified atom stereocenters. The number of nitrogens with one attached hydrogen (secondary N) is 1. The molecule has 6 nitrogen and oxygen atoms in total. The van der Waals surface area contributed by atoms with Crippen molar-refractivity contribution in [3.05, 3.63) is 40.9 Å². The van der Waals surface area contributed by atoms with Crippen molar-refractivity contribution in [2.75, 3.05) is 32.8 Å². The van der Waals surface area contributed by atoms with Gasteiger partial charge in [0.15, 0.2) is 0 Å². The number of hydrogen-bond donors (Lipinski definition) is 1. The quantitative estimate of drug-likeness (QED) is 0.444. The smallest absolute Gasteiger partial charge is 0.336 e. The lowest BCUT2D eigenvalue weighted by molar-refractivity contribution is 0.175. The zero-order valence-corrected chi connectivity index (χ0v) is 17.4. The molecule has 1 aliphatic heterocycles. The van der Waals surface area contributed by atoms with Crippen molar-refractivity contribution in [1.82, 2.24) is 10.2 Å². The van der Waals surface area contributed by atoms with Gasteiger partial charge in [0.1, 0.15) is 16.9 Å². The van der Waals surface area contributed by atoms with E-state index in [0.29, 0.717) is 23.8 Å². The highest BCUT2D eigenvalue weighted by molar-refractivity contribution is 6.01. The first kappa shape index (κ1) is 19.6. The SMILES string of the molecule is O=c1ccc2c(OCCCN3CCC(NCC4CCC4)CC3)c3ccoc3cc2o1. The van der Waals surface area contributed by atoms with Crippen LogP contribution < -0.4 is 15.7 Å². The number of ether oxygens (including phenoxy) is 1. The van der Waals surface area contributed by atoms with Crippen molar-refractivity contribution in [3.63, 3.8) is 0 Å². The molecule has 1 N–H and O–H groups in total. The highest BCUT2D eigenvalue weighted by Crippen LogP contribution is 2.35. The van der Waals surface area contributed by atoms with Gasteiger partial charge in [-0.3, -0.25) is 0 Å². The highest BCUT2D eigenvalue weighted by Gasteiger charge is 2.22. The van der Waals surface area contributed by atoms with Gasteiger partial charge in [0.05, 0.1) is 23.6 Å². The maximum Gasteiger partial charge on any atom is 0.336 e. The van der Waals surface area contributed by atoms with Crippen LogP contribution in [-0.4, -0.2) is 43.7 Å². The van der Waals surface area contributed by atoms with Gasteiger partial charge in [-0.25, -0.2) is 4.79 Å². The van der Waals surface area contributed by atoms with Crippen molar-refractivity contribution >= 4 is 21.9 Å². The van der Waals surface area contributed by atoms with E-state index in [1.54, 1.807) is 18.4 Å². The molecule has 1 aromatic carbocycles. The van der Waals surface area contributed by atoms with Crippen molar-refractivity contribution in [2.45, 2.75) is 44.6 Å². The molecule has 0 radical (unpaired) electrons. The van der Waals surface area contributed by atoms with Gasteiger partial charge in [-0.1, -0.05) is 6.42 Å². The van der Waals surface area contributed by atoms with Gasteiger partial charge in [-0.2, -0.15) is 0 Å². The molecule has 0 bridgehead atoms. The standard InChI is InChI=1S/C24H30N2O4/c27-23-6-5-19-22(30-23)15-21-20(9-14-28-21)24(19)29-13-2-10-26-11-7-18(8-12-26)25-16-17-3-1-4-17/h5-6,9,14-15,17-18,25H,1-4,7-8,10-13,16H2. The summed E-state index contributed by atoms with van der Waals surface area (Å²) in [5.74, 6) is 1.67. The van der Waals surface area contributed by atoms with Gasteiger partial charge in [-0.05, 0) is 69.8 Å². The van der Waals surface area contributed by atoms with Gasteiger partial charge < -0.3 is 23.8 Å². The lowest BCUT2D eigenvalue weighted by Gasteiger charge is -2.34. The lowest BCUT2D eigenvalue weighted by atomic mass is 9.85. The zero-order valence-electron chi connectivity index (χ0n) is 17.4. The Kier molecular flexibility index (Phi) is 5.77. The van der Waals surface area contributed by atoms with Crippen LogP contribution in [0, 0.1) is 5.92 Å². The van der Waals surface area contributed by atoms with E-state index >= 15 is 0 Å².